The molecule has 5 rings (SSSR count). The van der Waals surface area contributed by atoms with Gasteiger partial charge in [-0.1, -0.05) is 23.4 Å². The van der Waals surface area contributed by atoms with Gasteiger partial charge in [0.15, 0.2) is 5.58 Å². The average Bonchev–Trinajstić information content (AvgIpc) is 3.41. The van der Waals surface area contributed by atoms with Crippen molar-refractivity contribution in [1.82, 2.24) is 15.5 Å². The number of nitrogens with one attached hydrogen (secondary N) is 1. The van der Waals surface area contributed by atoms with Gasteiger partial charge < -0.3 is 9.26 Å². The molecule has 0 spiro atoms. The van der Waals surface area contributed by atoms with Gasteiger partial charge in [-0.25, -0.2) is 4.98 Å². The molecular formula is C23H19N3O4S. The lowest BCUT2D eigenvalue weighted by Gasteiger charge is -2.18. The number of hydrogen-bond acceptors (Lipinski definition) is 7. The highest BCUT2D eigenvalue weighted by Gasteiger charge is 2.31. The van der Waals surface area contributed by atoms with Crippen molar-refractivity contribution in [1.29, 1.82) is 0 Å². The van der Waals surface area contributed by atoms with Crippen molar-refractivity contribution in [2.75, 3.05) is 7.11 Å². The van der Waals surface area contributed by atoms with E-state index in [2.05, 4.69) is 15.5 Å². The van der Waals surface area contributed by atoms with E-state index < -0.39 is 5.92 Å². The van der Waals surface area contributed by atoms with Crippen molar-refractivity contribution in [2.45, 2.75) is 25.2 Å². The molecule has 2 aromatic carbocycles. The van der Waals surface area contributed by atoms with Crippen molar-refractivity contribution in [3.05, 3.63) is 64.9 Å². The van der Waals surface area contributed by atoms with Crippen LogP contribution in [0, 0.1) is 0 Å². The van der Waals surface area contributed by atoms with Crippen molar-refractivity contribution in [3.8, 4) is 16.2 Å². The summed E-state index contributed by atoms with van der Waals surface area (Å²) in [6, 6.07) is 13.8. The molecule has 1 fully saturated rings. The summed E-state index contributed by atoms with van der Waals surface area (Å²) in [5.41, 5.74) is 3.34. The van der Waals surface area contributed by atoms with E-state index in [1.54, 1.807) is 18.4 Å². The van der Waals surface area contributed by atoms with Crippen LogP contribution in [0.1, 0.15) is 35.0 Å². The van der Waals surface area contributed by atoms with Gasteiger partial charge in [0, 0.05) is 24.4 Å². The number of imide groups is 1. The summed E-state index contributed by atoms with van der Waals surface area (Å²) in [6.45, 7) is 0. The number of amides is 2. The zero-order chi connectivity index (χ0) is 21.4. The molecule has 1 N–H and O–H groups in total. The summed E-state index contributed by atoms with van der Waals surface area (Å²) in [4.78, 5) is 29.2. The van der Waals surface area contributed by atoms with Gasteiger partial charge in [-0.15, -0.1) is 11.3 Å². The molecule has 1 saturated heterocycles. The number of methoxy groups -OCH3 is 1. The predicted molar refractivity (Wildman–Crippen MR) is 116 cm³/mol. The zero-order valence-corrected chi connectivity index (χ0v) is 17.6. The highest BCUT2D eigenvalue weighted by Crippen LogP contribution is 2.34. The van der Waals surface area contributed by atoms with Gasteiger partial charge in [0.25, 0.3) is 0 Å². The van der Waals surface area contributed by atoms with Gasteiger partial charge in [-0.05, 0) is 41.8 Å². The van der Waals surface area contributed by atoms with Crippen LogP contribution in [0.15, 0.2) is 53.2 Å². The predicted octanol–water partition coefficient (Wildman–Crippen LogP) is 4.07. The number of aromatic nitrogens is 2. The minimum atomic E-state index is -0.468. The van der Waals surface area contributed by atoms with Gasteiger partial charge in [0.1, 0.15) is 11.4 Å². The maximum absolute atomic E-state index is 12.2. The van der Waals surface area contributed by atoms with Crippen LogP contribution in [-0.4, -0.2) is 29.1 Å². The number of nitrogens with zero attached hydrogens (tertiary/aromatic N) is 2. The lowest BCUT2D eigenvalue weighted by molar-refractivity contribution is -0.134. The van der Waals surface area contributed by atoms with Crippen molar-refractivity contribution < 1.29 is 18.8 Å². The van der Waals surface area contributed by atoms with Crippen molar-refractivity contribution in [3.63, 3.8) is 0 Å². The van der Waals surface area contributed by atoms with E-state index in [1.165, 1.54) is 5.56 Å². The third-order valence-electron chi connectivity index (χ3n) is 5.42. The van der Waals surface area contributed by atoms with E-state index in [1.807, 2.05) is 48.7 Å². The van der Waals surface area contributed by atoms with E-state index in [0.717, 1.165) is 33.0 Å². The Kier molecular flexibility index (Phi) is 4.99. The number of benzene rings is 2. The monoisotopic (exact) mass is 433 g/mol. The molecule has 1 aliphatic heterocycles. The van der Waals surface area contributed by atoms with Crippen LogP contribution in [0.4, 0.5) is 0 Å². The molecule has 2 aromatic heterocycles. The van der Waals surface area contributed by atoms with E-state index in [4.69, 9.17) is 9.26 Å². The Balaban J connectivity index is 1.37. The quantitative estimate of drug-likeness (QED) is 0.477. The van der Waals surface area contributed by atoms with Crippen molar-refractivity contribution >= 4 is 34.1 Å². The Bertz CT molecular complexity index is 1280. The average molecular weight is 433 g/mol. The molecule has 2 amide bonds. The van der Waals surface area contributed by atoms with Crippen LogP contribution >= 0.6 is 11.3 Å². The number of carbonyl (C=O) groups excluding carboxylic acids is 2. The van der Waals surface area contributed by atoms with E-state index in [-0.39, 0.29) is 11.8 Å². The minimum absolute atomic E-state index is 0.244. The lowest BCUT2D eigenvalue weighted by Crippen LogP contribution is -2.39. The highest BCUT2D eigenvalue weighted by molar-refractivity contribution is 7.15. The molecule has 31 heavy (non-hydrogen) atoms. The van der Waals surface area contributed by atoms with E-state index >= 15 is 0 Å². The number of ether oxygens (including phenoxy) is 1. The minimum Gasteiger partial charge on any atom is -0.497 e. The summed E-state index contributed by atoms with van der Waals surface area (Å²) in [5, 5.41) is 8.32. The molecule has 156 valence electrons. The number of carbonyl (C=O) groups is 2. The first-order valence-electron chi connectivity index (χ1n) is 9.92. The number of rotatable bonds is 5. The third kappa shape index (κ3) is 3.82. The number of hydrogen-bond donors (Lipinski definition) is 1. The Morgan fingerprint density at radius 1 is 1.19 bits per heavy atom. The summed E-state index contributed by atoms with van der Waals surface area (Å²) in [6.07, 6.45) is 3.36. The Hall–Kier alpha value is -3.52. The summed E-state index contributed by atoms with van der Waals surface area (Å²) < 4.78 is 10.7. The zero-order valence-electron chi connectivity index (χ0n) is 16.8. The van der Waals surface area contributed by atoms with Crippen molar-refractivity contribution in [2.24, 2.45) is 0 Å². The first-order chi connectivity index (χ1) is 15.1. The van der Waals surface area contributed by atoms with Crippen LogP contribution in [0.25, 0.3) is 21.4 Å². The van der Waals surface area contributed by atoms with Crippen LogP contribution in [0.3, 0.4) is 0 Å². The van der Waals surface area contributed by atoms with Gasteiger partial charge in [0.05, 0.1) is 22.9 Å². The van der Waals surface area contributed by atoms with Gasteiger partial charge in [-0.3, -0.25) is 14.9 Å². The molecule has 3 heterocycles. The van der Waals surface area contributed by atoms with Gasteiger partial charge in [0.2, 0.25) is 11.8 Å². The van der Waals surface area contributed by atoms with Crippen LogP contribution in [0.2, 0.25) is 0 Å². The standard InChI is InChI=1S/C23H19N3O4S/c1-29-15-5-2-13(3-6-15)10-21-24-12-19(31-21)14-4-7-16-18(11-14)30-26-22(16)17-8-9-20(27)25-23(17)28/h2-7,11-12,17H,8-10H2,1H3,(H,25,27,28). The van der Waals surface area contributed by atoms with Crippen LogP contribution in [0.5, 0.6) is 5.75 Å². The second-order valence-corrected chi connectivity index (χ2v) is 8.54. The molecule has 1 aliphatic rings. The second kappa shape index (κ2) is 7.96. The molecule has 7 nitrogen and oxygen atoms in total. The smallest absolute Gasteiger partial charge is 0.235 e. The summed E-state index contributed by atoms with van der Waals surface area (Å²) >= 11 is 1.63. The topological polar surface area (TPSA) is 94.3 Å². The lowest BCUT2D eigenvalue weighted by atomic mass is 9.92. The SMILES string of the molecule is COc1ccc(Cc2ncc(-c3ccc4c(C5CCC(=O)NC5=O)noc4c3)s2)cc1. The first-order valence-corrected chi connectivity index (χ1v) is 10.7. The van der Waals surface area contributed by atoms with Gasteiger partial charge >= 0.3 is 0 Å². The molecule has 1 unspecified atom stereocenters. The normalized spacial score (nSPS) is 16.5. The number of fused-ring (bicyclic) bond motifs is 1. The molecule has 1 atom stereocenters. The molecule has 0 bridgehead atoms. The number of thiazole rings is 1. The maximum Gasteiger partial charge on any atom is 0.235 e. The molecule has 0 radical (unpaired) electrons. The summed E-state index contributed by atoms with van der Waals surface area (Å²) in [7, 11) is 1.65. The second-order valence-electron chi connectivity index (χ2n) is 7.43. The largest absolute Gasteiger partial charge is 0.497 e. The molecule has 4 aromatic rings. The van der Waals surface area contributed by atoms with E-state index in [9.17, 15) is 9.59 Å². The summed E-state index contributed by atoms with van der Waals surface area (Å²) in [5.74, 6) is -0.196. The highest BCUT2D eigenvalue weighted by atomic mass is 32.1. The van der Waals surface area contributed by atoms with Crippen LogP contribution in [-0.2, 0) is 16.0 Å². The molecular weight excluding hydrogens is 414 g/mol. The van der Waals surface area contributed by atoms with Gasteiger partial charge in [-0.2, -0.15) is 0 Å². The first kappa shape index (κ1) is 19.4. The Labute approximate surface area is 182 Å². The molecule has 8 heteroatoms. The fourth-order valence-electron chi connectivity index (χ4n) is 3.76. The fraction of sp³-hybridized carbons (Fsp3) is 0.217. The van der Waals surface area contributed by atoms with Crippen LogP contribution < -0.4 is 10.1 Å². The molecule has 0 saturated carbocycles. The van der Waals surface area contributed by atoms with E-state index in [0.29, 0.717) is 24.1 Å². The Morgan fingerprint density at radius 3 is 2.81 bits per heavy atom. The third-order valence-corrected chi connectivity index (χ3v) is 6.47. The molecule has 0 aliphatic carbocycles. The Morgan fingerprint density at radius 2 is 2.03 bits per heavy atom. The number of piperidine rings is 1. The fourth-order valence-corrected chi connectivity index (χ4v) is 4.71. The maximum atomic E-state index is 12.2.